The zero-order valence-electron chi connectivity index (χ0n) is 11.5. The Labute approximate surface area is 118 Å². The van der Waals surface area contributed by atoms with Gasteiger partial charge < -0.3 is 10.1 Å². The van der Waals surface area contributed by atoms with Gasteiger partial charge in [0.1, 0.15) is 5.75 Å². The van der Waals surface area contributed by atoms with Gasteiger partial charge in [-0.1, -0.05) is 13.8 Å². The van der Waals surface area contributed by atoms with Crippen LogP contribution in [-0.4, -0.2) is 15.9 Å². The predicted molar refractivity (Wildman–Crippen MR) is 76.6 cm³/mol. The topological polar surface area (TPSA) is 64.1 Å². The molecule has 1 atom stereocenters. The number of carbonyl (C=O) groups is 1. The number of hydrogen-bond acceptors (Lipinski definition) is 4. The average Bonchev–Trinajstić information content (AvgIpc) is 2.49. The largest absolute Gasteiger partial charge is 0.438 e. The molecular weight excluding hydrogens is 254 g/mol. The third-order valence-electron chi connectivity index (χ3n) is 2.94. The third-order valence-corrected chi connectivity index (χ3v) is 2.94. The highest BCUT2D eigenvalue weighted by molar-refractivity contribution is 5.92. The van der Waals surface area contributed by atoms with E-state index < -0.39 is 0 Å². The molecule has 0 saturated heterocycles. The number of amides is 1. The highest BCUT2D eigenvalue weighted by Crippen LogP contribution is 2.21. The van der Waals surface area contributed by atoms with Crippen LogP contribution in [0.25, 0.3) is 0 Å². The van der Waals surface area contributed by atoms with Crippen LogP contribution < -0.4 is 10.1 Å². The van der Waals surface area contributed by atoms with Crippen molar-refractivity contribution in [2.24, 2.45) is 5.92 Å². The molecule has 0 saturated carbocycles. The molecule has 5 heteroatoms. The summed E-state index contributed by atoms with van der Waals surface area (Å²) in [5, 5.41) is 2.86. The first-order chi connectivity index (χ1) is 9.69. The Kier molecular flexibility index (Phi) is 4.65. The summed E-state index contributed by atoms with van der Waals surface area (Å²) in [4.78, 5) is 19.7. The van der Waals surface area contributed by atoms with Crippen molar-refractivity contribution in [3.05, 3.63) is 42.9 Å². The van der Waals surface area contributed by atoms with Crippen LogP contribution in [-0.2, 0) is 4.79 Å². The van der Waals surface area contributed by atoms with Crippen molar-refractivity contribution in [3.63, 3.8) is 0 Å². The third kappa shape index (κ3) is 3.78. The van der Waals surface area contributed by atoms with E-state index in [4.69, 9.17) is 4.74 Å². The lowest BCUT2D eigenvalue weighted by atomic mass is 10.1. The summed E-state index contributed by atoms with van der Waals surface area (Å²) in [5.41, 5.74) is 0.752. The minimum Gasteiger partial charge on any atom is -0.438 e. The Morgan fingerprint density at radius 3 is 2.65 bits per heavy atom. The average molecular weight is 271 g/mol. The van der Waals surface area contributed by atoms with Gasteiger partial charge in [-0.15, -0.1) is 0 Å². The maximum absolute atomic E-state index is 11.8. The smallest absolute Gasteiger partial charge is 0.237 e. The molecule has 1 heterocycles. The summed E-state index contributed by atoms with van der Waals surface area (Å²) < 4.78 is 5.52. The van der Waals surface area contributed by atoms with Gasteiger partial charge in [0.25, 0.3) is 0 Å². The Morgan fingerprint density at radius 2 is 2.05 bits per heavy atom. The number of carbonyl (C=O) groups excluding carboxylic acids is 1. The first-order valence-electron chi connectivity index (χ1n) is 6.54. The molecule has 20 heavy (non-hydrogen) atoms. The number of nitrogens with one attached hydrogen (secondary N) is 1. The molecule has 0 aliphatic carbocycles. The number of rotatable bonds is 5. The second-order valence-corrected chi connectivity index (χ2v) is 4.47. The quantitative estimate of drug-likeness (QED) is 0.906. The monoisotopic (exact) mass is 271 g/mol. The van der Waals surface area contributed by atoms with E-state index in [1.54, 1.807) is 42.9 Å². The lowest BCUT2D eigenvalue weighted by Crippen LogP contribution is -2.19. The Morgan fingerprint density at radius 1 is 1.30 bits per heavy atom. The first-order valence-corrected chi connectivity index (χ1v) is 6.54. The predicted octanol–water partition coefficient (Wildman–Crippen LogP) is 3.25. The van der Waals surface area contributed by atoms with Crippen LogP contribution in [0.4, 0.5) is 5.69 Å². The molecule has 1 aromatic carbocycles. The van der Waals surface area contributed by atoms with Crippen molar-refractivity contribution in [2.45, 2.75) is 20.3 Å². The summed E-state index contributed by atoms with van der Waals surface area (Å²) in [7, 11) is 0. The summed E-state index contributed by atoms with van der Waals surface area (Å²) in [6, 6.07) is 7.15. The van der Waals surface area contributed by atoms with Crippen molar-refractivity contribution >= 4 is 11.6 Å². The molecule has 5 nitrogen and oxygen atoms in total. The van der Waals surface area contributed by atoms with Gasteiger partial charge in [-0.3, -0.25) is 9.78 Å². The van der Waals surface area contributed by atoms with Crippen LogP contribution in [0.3, 0.4) is 0 Å². The molecule has 0 aliphatic rings. The first kappa shape index (κ1) is 14.0. The lowest BCUT2D eigenvalue weighted by molar-refractivity contribution is -0.119. The number of aromatic nitrogens is 2. The lowest BCUT2D eigenvalue weighted by Gasteiger charge is -2.10. The van der Waals surface area contributed by atoms with Crippen molar-refractivity contribution in [2.75, 3.05) is 5.32 Å². The van der Waals surface area contributed by atoms with Crippen LogP contribution in [0, 0.1) is 5.92 Å². The number of benzene rings is 1. The van der Waals surface area contributed by atoms with E-state index in [0.29, 0.717) is 11.6 Å². The molecule has 0 fully saturated rings. The van der Waals surface area contributed by atoms with Gasteiger partial charge in [-0.05, 0) is 30.7 Å². The summed E-state index contributed by atoms with van der Waals surface area (Å²) in [5.74, 6) is 1.11. The molecule has 104 valence electrons. The number of nitrogens with zero attached hydrogens (tertiary/aromatic N) is 2. The van der Waals surface area contributed by atoms with Gasteiger partial charge in [0.2, 0.25) is 11.8 Å². The Balaban J connectivity index is 1.98. The fourth-order valence-electron chi connectivity index (χ4n) is 1.52. The van der Waals surface area contributed by atoms with Crippen LogP contribution in [0.2, 0.25) is 0 Å². The fraction of sp³-hybridized carbons (Fsp3) is 0.267. The fourth-order valence-corrected chi connectivity index (χ4v) is 1.52. The second-order valence-electron chi connectivity index (χ2n) is 4.47. The van der Waals surface area contributed by atoms with Crippen LogP contribution in [0.1, 0.15) is 20.3 Å². The van der Waals surface area contributed by atoms with Crippen LogP contribution in [0.5, 0.6) is 11.6 Å². The second kappa shape index (κ2) is 6.65. The molecule has 1 unspecified atom stereocenters. The van der Waals surface area contributed by atoms with Crippen molar-refractivity contribution in [1.82, 2.24) is 9.97 Å². The van der Waals surface area contributed by atoms with E-state index in [1.807, 2.05) is 13.8 Å². The molecule has 1 N–H and O–H groups in total. The zero-order valence-corrected chi connectivity index (χ0v) is 11.5. The molecule has 1 aromatic heterocycles. The highest BCUT2D eigenvalue weighted by atomic mass is 16.5. The van der Waals surface area contributed by atoms with Crippen molar-refractivity contribution in [3.8, 4) is 11.6 Å². The maximum Gasteiger partial charge on any atom is 0.237 e. The minimum absolute atomic E-state index is 0.00511. The van der Waals surface area contributed by atoms with E-state index in [0.717, 1.165) is 12.1 Å². The summed E-state index contributed by atoms with van der Waals surface area (Å²) in [6.45, 7) is 3.89. The zero-order chi connectivity index (χ0) is 14.4. The van der Waals surface area contributed by atoms with Crippen LogP contribution >= 0.6 is 0 Å². The van der Waals surface area contributed by atoms with Crippen molar-refractivity contribution in [1.29, 1.82) is 0 Å². The standard InChI is InChI=1S/C15H17N3O2/c1-3-11(2)15(19)18-12-4-6-13(7-5-12)20-14-10-16-8-9-17-14/h4-11H,3H2,1-2H3,(H,18,19). The summed E-state index contributed by atoms with van der Waals surface area (Å²) in [6.07, 6.45) is 5.51. The van der Waals surface area contributed by atoms with E-state index in [1.165, 1.54) is 0 Å². The van der Waals surface area contributed by atoms with Gasteiger partial charge in [0.15, 0.2) is 0 Å². The number of hydrogen-bond donors (Lipinski definition) is 1. The molecule has 2 rings (SSSR count). The highest BCUT2D eigenvalue weighted by Gasteiger charge is 2.10. The maximum atomic E-state index is 11.8. The van der Waals surface area contributed by atoms with Gasteiger partial charge in [0, 0.05) is 24.0 Å². The molecule has 2 aromatic rings. The SMILES string of the molecule is CCC(C)C(=O)Nc1ccc(Oc2cnccn2)cc1. The normalized spacial score (nSPS) is 11.7. The van der Waals surface area contributed by atoms with E-state index in [9.17, 15) is 4.79 Å². The van der Waals surface area contributed by atoms with E-state index in [-0.39, 0.29) is 11.8 Å². The molecular formula is C15H17N3O2. The van der Waals surface area contributed by atoms with Gasteiger partial charge in [-0.2, -0.15) is 0 Å². The van der Waals surface area contributed by atoms with E-state index in [2.05, 4.69) is 15.3 Å². The summed E-state index contributed by atoms with van der Waals surface area (Å²) >= 11 is 0. The van der Waals surface area contributed by atoms with Gasteiger partial charge in [-0.25, -0.2) is 4.98 Å². The molecule has 0 radical (unpaired) electrons. The van der Waals surface area contributed by atoms with Gasteiger partial charge >= 0.3 is 0 Å². The Hall–Kier alpha value is -2.43. The number of ether oxygens (including phenoxy) is 1. The number of anilines is 1. The molecule has 1 amide bonds. The van der Waals surface area contributed by atoms with Crippen LogP contribution in [0.15, 0.2) is 42.9 Å². The molecule has 0 bridgehead atoms. The molecule has 0 spiro atoms. The van der Waals surface area contributed by atoms with Crippen molar-refractivity contribution < 1.29 is 9.53 Å². The van der Waals surface area contributed by atoms with E-state index >= 15 is 0 Å². The molecule has 0 aliphatic heterocycles. The minimum atomic E-state index is 0.00511. The Bertz CT molecular complexity index is 555. The van der Waals surface area contributed by atoms with Gasteiger partial charge in [0.05, 0.1) is 6.20 Å².